The van der Waals surface area contributed by atoms with Crippen molar-refractivity contribution in [2.24, 2.45) is 0 Å². The highest BCUT2D eigenvalue weighted by Crippen LogP contribution is 2.43. The molecule has 0 unspecified atom stereocenters. The van der Waals surface area contributed by atoms with Crippen molar-refractivity contribution >= 4 is 11.3 Å². The van der Waals surface area contributed by atoms with Crippen molar-refractivity contribution in [3.05, 3.63) is 76.0 Å². The third kappa shape index (κ3) is 4.61. The number of thiophene rings is 1. The van der Waals surface area contributed by atoms with Gasteiger partial charge in [-0.05, 0) is 23.1 Å². The van der Waals surface area contributed by atoms with Crippen molar-refractivity contribution in [3.8, 4) is 17.2 Å². The number of piperazine rings is 1. The summed E-state index contributed by atoms with van der Waals surface area (Å²) in [4.78, 5) is 3.81. The molecule has 6 heteroatoms. The summed E-state index contributed by atoms with van der Waals surface area (Å²) < 4.78 is 17.6. The molecule has 1 aromatic heterocycles. The van der Waals surface area contributed by atoms with Gasteiger partial charge >= 0.3 is 0 Å². The summed E-state index contributed by atoms with van der Waals surface area (Å²) in [6, 6.07) is 18.7. The summed E-state index contributed by atoms with van der Waals surface area (Å²) in [5.74, 6) is 2.22. The van der Waals surface area contributed by atoms with E-state index >= 15 is 0 Å². The highest BCUT2D eigenvalue weighted by molar-refractivity contribution is 7.10. The highest BCUT2D eigenvalue weighted by atomic mass is 32.1. The second-order valence-corrected chi connectivity index (χ2v) is 8.20. The molecule has 1 aliphatic rings. The van der Waals surface area contributed by atoms with Gasteiger partial charge in [0.2, 0.25) is 0 Å². The zero-order valence-electron chi connectivity index (χ0n) is 17.5. The maximum absolute atomic E-state index is 6.36. The van der Waals surface area contributed by atoms with Gasteiger partial charge in [0.1, 0.15) is 12.4 Å². The SMILES string of the molecule is COc1cc(OCc2ccccc2)c([C@H](c2cccs2)N2CCNCC2)cc1OC. The molecule has 158 valence electrons. The third-order valence-electron chi connectivity index (χ3n) is 5.38. The van der Waals surface area contributed by atoms with Crippen LogP contribution in [0.15, 0.2) is 60.0 Å². The van der Waals surface area contributed by atoms with Gasteiger partial charge in [0.25, 0.3) is 0 Å². The minimum Gasteiger partial charge on any atom is -0.493 e. The smallest absolute Gasteiger partial charge is 0.164 e. The van der Waals surface area contributed by atoms with Gasteiger partial charge in [-0.1, -0.05) is 36.4 Å². The fourth-order valence-corrected chi connectivity index (χ4v) is 4.74. The van der Waals surface area contributed by atoms with Crippen LogP contribution in [0, 0.1) is 0 Å². The first kappa shape index (κ1) is 20.7. The van der Waals surface area contributed by atoms with E-state index in [9.17, 15) is 0 Å². The van der Waals surface area contributed by atoms with Crippen LogP contribution in [0.5, 0.6) is 17.2 Å². The Balaban J connectivity index is 1.75. The average molecular weight is 425 g/mol. The lowest BCUT2D eigenvalue weighted by Crippen LogP contribution is -2.45. The minimum atomic E-state index is 0.109. The van der Waals surface area contributed by atoms with Gasteiger partial charge in [0.05, 0.1) is 20.3 Å². The Hall–Kier alpha value is -2.54. The maximum atomic E-state index is 6.36. The monoisotopic (exact) mass is 424 g/mol. The van der Waals surface area contributed by atoms with Gasteiger partial charge < -0.3 is 19.5 Å². The number of rotatable bonds is 8. The first-order valence-electron chi connectivity index (χ1n) is 10.2. The summed E-state index contributed by atoms with van der Waals surface area (Å²) in [6.07, 6.45) is 0. The van der Waals surface area contributed by atoms with Crippen LogP contribution in [0.3, 0.4) is 0 Å². The van der Waals surface area contributed by atoms with Gasteiger partial charge in [-0.2, -0.15) is 0 Å². The molecule has 1 aliphatic heterocycles. The molecular formula is C24H28N2O3S. The summed E-state index contributed by atoms with van der Waals surface area (Å²) in [7, 11) is 3.34. The second kappa shape index (κ2) is 9.98. The van der Waals surface area contributed by atoms with Gasteiger partial charge in [-0.25, -0.2) is 0 Å². The van der Waals surface area contributed by atoms with E-state index in [4.69, 9.17) is 14.2 Å². The van der Waals surface area contributed by atoms with Crippen LogP contribution in [0.1, 0.15) is 22.0 Å². The number of nitrogens with one attached hydrogen (secondary N) is 1. The molecule has 0 amide bonds. The van der Waals surface area contributed by atoms with Crippen LogP contribution in [0.2, 0.25) is 0 Å². The number of nitrogens with zero attached hydrogens (tertiary/aromatic N) is 1. The summed E-state index contributed by atoms with van der Waals surface area (Å²) in [5, 5.41) is 5.59. The molecule has 0 aliphatic carbocycles. The van der Waals surface area contributed by atoms with E-state index in [0.717, 1.165) is 48.8 Å². The van der Waals surface area contributed by atoms with Gasteiger partial charge in [0, 0.05) is 42.7 Å². The third-order valence-corrected chi connectivity index (χ3v) is 6.30. The van der Waals surface area contributed by atoms with Gasteiger partial charge in [0.15, 0.2) is 11.5 Å². The number of hydrogen-bond acceptors (Lipinski definition) is 6. The van der Waals surface area contributed by atoms with Crippen LogP contribution in [0.25, 0.3) is 0 Å². The Morgan fingerprint density at radius 2 is 1.67 bits per heavy atom. The molecule has 0 radical (unpaired) electrons. The van der Waals surface area contributed by atoms with Crippen LogP contribution in [-0.4, -0.2) is 45.3 Å². The van der Waals surface area contributed by atoms with Gasteiger partial charge in [-0.3, -0.25) is 4.90 Å². The molecule has 3 aromatic rings. The maximum Gasteiger partial charge on any atom is 0.164 e. The quantitative estimate of drug-likeness (QED) is 0.583. The van der Waals surface area contributed by atoms with E-state index in [1.54, 1.807) is 25.6 Å². The molecule has 1 atom stereocenters. The van der Waals surface area contributed by atoms with Crippen LogP contribution >= 0.6 is 11.3 Å². The Morgan fingerprint density at radius 1 is 0.933 bits per heavy atom. The summed E-state index contributed by atoms with van der Waals surface area (Å²) in [5.41, 5.74) is 2.24. The molecule has 0 bridgehead atoms. The Kier molecular flexibility index (Phi) is 6.89. The second-order valence-electron chi connectivity index (χ2n) is 7.22. The fraction of sp³-hybridized carbons (Fsp3) is 0.333. The molecule has 30 heavy (non-hydrogen) atoms. The molecule has 0 spiro atoms. The molecule has 0 saturated carbocycles. The molecule has 1 saturated heterocycles. The Labute approximate surface area is 182 Å². The van der Waals surface area contributed by atoms with E-state index in [1.807, 2.05) is 24.3 Å². The van der Waals surface area contributed by atoms with Crippen LogP contribution in [-0.2, 0) is 6.61 Å². The zero-order valence-corrected chi connectivity index (χ0v) is 18.3. The Bertz CT molecular complexity index is 925. The first-order valence-corrected chi connectivity index (χ1v) is 11.1. The van der Waals surface area contributed by atoms with E-state index in [2.05, 4.69) is 45.9 Å². The van der Waals surface area contributed by atoms with Crippen LogP contribution < -0.4 is 19.5 Å². The summed E-state index contributed by atoms with van der Waals surface area (Å²) in [6.45, 7) is 4.43. The van der Waals surface area contributed by atoms with Crippen molar-refractivity contribution in [2.75, 3.05) is 40.4 Å². The lowest BCUT2D eigenvalue weighted by molar-refractivity contribution is 0.194. The predicted molar refractivity (Wildman–Crippen MR) is 121 cm³/mol. The zero-order chi connectivity index (χ0) is 20.8. The van der Waals surface area contributed by atoms with Crippen molar-refractivity contribution in [3.63, 3.8) is 0 Å². The lowest BCUT2D eigenvalue weighted by atomic mass is 10.0. The molecule has 5 nitrogen and oxygen atoms in total. The molecular weight excluding hydrogens is 396 g/mol. The minimum absolute atomic E-state index is 0.109. The van der Waals surface area contributed by atoms with Crippen molar-refractivity contribution < 1.29 is 14.2 Å². The van der Waals surface area contributed by atoms with Crippen molar-refractivity contribution in [1.82, 2.24) is 10.2 Å². The standard InChI is InChI=1S/C24H28N2O3S/c1-27-21-15-19(24(23-9-6-14-30-23)26-12-10-25-11-13-26)20(16-22(21)28-2)29-17-18-7-4-3-5-8-18/h3-9,14-16,24-25H,10-13,17H2,1-2H3/t24-/m1/s1. The van der Waals surface area contributed by atoms with E-state index in [1.165, 1.54) is 4.88 Å². The largest absolute Gasteiger partial charge is 0.493 e. The first-order chi connectivity index (χ1) is 14.8. The number of methoxy groups -OCH3 is 2. The normalized spacial score (nSPS) is 15.5. The highest BCUT2D eigenvalue weighted by Gasteiger charge is 2.29. The predicted octanol–water partition coefficient (Wildman–Crippen LogP) is 4.34. The number of ether oxygens (including phenoxy) is 3. The number of hydrogen-bond donors (Lipinski definition) is 1. The van der Waals surface area contributed by atoms with E-state index in [0.29, 0.717) is 12.4 Å². The van der Waals surface area contributed by atoms with E-state index in [-0.39, 0.29) is 6.04 Å². The van der Waals surface area contributed by atoms with Crippen molar-refractivity contribution in [2.45, 2.75) is 12.6 Å². The van der Waals surface area contributed by atoms with E-state index < -0.39 is 0 Å². The number of benzene rings is 2. The fourth-order valence-electron chi connectivity index (χ4n) is 3.87. The van der Waals surface area contributed by atoms with Crippen LogP contribution in [0.4, 0.5) is 0 Å². The Morgan fingerprint density at radius 3 is 2.33 bits per heavy atom. The van der Waals surface area contributed by atoms with Crippen molar-refractivity contribution in [1.29, 1.82) is 0 Å². The summed E-state index contributed by atoms with van der Waals surface area (Å²) >= 11 is 1.78. The molecule has 4 rings (SSSR count). The average Bonchev–Trinajstić information content (AvgIpc) is 3.33. The van der Waals surface area contributed by atoms with Gasteiger partial charge in [-0.15, -0.1) is 11.3 Å². The lowest BCUT2D eigenvalue weighted by Gasteiger charge is -2.35. The molecule has 1 N–H and O–H groups in total. The molecule has 1 fully saturated rings. The molecule has 2 heterocycles. The molecule has 2 aromatic carbocycles. The topological polar surface area (TPSA) is 43.0 Å².